The summed E-state index contributed by atoms with van der Waals surface area (Å²) in [7, 11) is -3.16. The lowest BCUT2D eigenvalue weighted by molar-refractivity contribution is -0.121. The van der Waals surface area contributed by atoms with E-state index in [-0.39, 0.29) is 29.4 Å². The SMILES string of the molecule is CC(NC(=O)CCS(=O)(=O)C1CCCC1)c1ccc(-n2ccnc2)cc1. The van der Waals surface area contributed by atoms with Gasteiger partial charge in [0.15, 0.2) is 9.84 Å². The molecule has 1 N–H and O–H groups in total. The fourth-order valence-electron chi connectivity index (χ4n) is 3.39. The lowest BCUT2D eigenvalue weighted by Gasteiger charge is -2.16. The average molecular weight is 375 g/mol. The third-order valence-corrected chi connectivity index (χ3v) is 7.26. The minimum atomic E-state index is -3.16. The standard InChI is InChI=1S/C19H25N3O3S/c1-15(16-6-8-17(9-7-16)22-12-11-20-14-22)21-19(23)10-13-26(24,25)18-4-2-3-5-18/h6-9,11-12,14-15,18H,2-5,10,13H2,1H3,(H,21,23). The van der Waals surface area contributed by atoms with Gasteiger partial charge in [-0.05, 0) is 37.5 Å². The first-order valence-electron chi connectivity index (χ1n) is 9.05. The number of imidazole rings is 1. The van der Waals surface area contributed by atoms with Crippen LogP contribution in [-0.4, -0.2) is 34.9 Å². The van der Waals surface area contributed by atoms with Crippen LogP contribution in [0.2, 0.25) is 0 Å². The molecule has 1 saturated carbocycles. The molecule has 1 aromatic heterocycles. The van der Waals surface area contributed by atoms with E-state index in [1.165, 1.54) is 0 Å². The topological polar surface area (TPSA) is 81.1 Å². The predicted octanol–water partition coefficient (Wildman–Crippen LogP) is 2.80. The highest BCUT2D eigenvalue weighted by Gasteiger charge is 2.29. The molecule has 1 heterocycles. The lowest BCUT2D eigenvalue weighted by atomic mass is 10.1. The van der Waals surface area contributed by atoms with Crippen molar-refractivity contribution in [1.82, 2.24) is 14.9 Å². The second-order valence-electron chi connectivity index (χ2n) is 6.87. The van der Waals surface area contributed by atoms with E-state index in [2.05, 4.69) is 10.3 Å². The third kappa shape index (κ3) is 4.52. The van der Waals surface area contributed by atoms with E-state index in [0.717, 1.165) is 36.9 Å². The minimum absolute atomic E-state index is 0.0241. The van der Waals surface area contributed by atoms with Gasteiger partial charge in [0.2, 0.25) is 5.91 Å². The molecule has 1 aromatic carbocycles. The quantitative estimate of drug-likeness (QED) is 0.807. The number of hydrogen-bond acceptors (Lipinski definition) is 4. The van der Waals surface area contributed by atoms with Crippen molar-refractivity contribution < 1.29 is 13.2 Å². The van der Waals surface area contributed by atoms with Gasteiger partial charge in [-0.1, -0.05) is 25.0 Å². The highest BCUT2D eigenvalue weighted by molar-refractivity contribution is 7.92. The summed E-state index contributed by atoms with van der Waals surface area (Å²) in [6.07, 6.45) is 8.76. The van der Waals surface area contributed by atoms with Gasteiger partial charge in [0.05, 0.1) is 23.4 Å². The zero-order valence-corrected chi connectivity index (χ0v) is 15.8. The molecule has 26 heavy (non-hydrogen) atoms. The molecule has 0 aliphatic heterocycles. The monoisotopic (exact) mass is 375 g/mol. The third-order valence-electron chi connectivity index (χ3n) is 5.00. The Morgan fingerprint density at radius 3 is 2.58 bits per heavy atom. The van der Waals surface area contributed by atoms with Crippen LogP contribution in [0.4, 0.5) is 0 Å². The number of amides is 1. The maximum Gasteiger partial charge on any atom is 0.221 e. The van der Waals surface area contributed by atoms with E-state index < -0.39 is 9.84 Å². The van der Waals surface area contributed by atoms with E-state index in [9.17, 15) is 13.2 Å². The summed E-state index contributed by atoms with van der Waals surface area (Å²) in [5.74, 6) is -0.284. The highest BCUT2D eigenvalue weighted by Crippen LogP contribution is 2.25. The van der Waals surface area contributed by atoms with Crippen molar-refractivity contribution in [2.24, 2.45) is 0 Å². The molecule has 6 nitrogen and oxygen atoms in total. The van der Waals surface area contributed by atoms with Crippen molar-refractivity contribution in [3.05, 3.63) is 48.5 Å². The Kier molecular flexibility index (Phi) is 5.76. The Bertz CT molecular complexity index is 823. The molecule has 1 aliphatic rings. The van der Waals surface area contributed by atoms with Gasteiger partial charge >= 0.3 is 0 Å². The van der Waals surface area contributed by atoms with Crippen molar-refractivity contribution in [1.29, 1.82) is 0 Å². The Morgan fingerprint density at radius 1 is 1.27 bits per heavy atom. The number of carbonyl (C=O) groups is 1. The number of sulfone groups is 1. The molecule has 1 unspecified atom stereocenters. The fourth-order valence-corrected chi connectivity index (χ4v) is 5.25. The Labute approximate surface area is 154 Å². The molecule has 3 rings (SSSR count). The summed E-state index contributed by atoms with van der Waals surface area (Å²) < 4.78 is 26.4. The van der Waals surface area contributed by atoms with Gasteiger partial charge in [-0.25, -0.2) is 13.4 Å². The highest BCUT2D eigenvalue weighted by atomic mass is 32.2. The summed E-state index contributed by atoms with van der Waals surface area (Å²) in [6, 6.07) is 7.66. The van der Waals surface area contributed by atoms with Crippen LogP contribution in [0.3, 0.4) is 0 Å². The van der Waals surface area contributed by atoms with Gasteiger partial charge in [-0.2, -0.15) is 0 Å². The Balaban J connectivity index is 1.52. The first-order valence-corrected chi connectivity index (χ1v) is 10.8. The molecule has 7 heteroatoms. The van der Waals surface area contributed by atoms with E-state index in [0.29, 0.717) is 0 Å². The van der Waals surface area contributed by atoms with Crippen molar-refractivity contribution in [3.8, 4) is 5.69 Å². The summed E-state index contributed by atoms with van der Waals surface area (Å²) in [5, 5.41) is 2.64. The molecule has 0 radical (unpaired) electrons. The summed E-state index contributed by atoms with van der Waals surface area (Å²) in [4.78, 5) is 16.2. The van der Waals surface area contributed by atoms with Crippen LogP contribution < -0.4 is 5.32 Å². The Morgan fingerprint density at radius 2 is 1.96 bits per heavy atom. The van der Waals surface area contributed by atoms with Gasteiger partial charge in [0.25, 0.3) is 0 Å². The molecule has 1 fully saturated rings. The summed E-state index contributed by atoms with van der Waals surface area (Å²) >= 11 is 0. The van der Waals surface area contributed by atoms with Crippen LogP contribution in [0, 0.1) is 0 Å². The second-order valence-corrected chi connectivity index (χ2v) is 9.27. The van der Waals surface area contributed by atoms with Crippen LogP contribution in [-0.2, 0) is 14.6 Å². The number of aromatic nitrogens is 2. The number of rotatable bonds is 7. The molecule has 1 aliphatic carbocycles. The number of carbonyl (C=O) groups excluding carboxylic acids is 1. The van der Waals surface area contributed by atoms with Gasteiger partial charge in [-0.3, -0.25) is 4.79 Å². The van der Waals surface area contributed by atoms with Crippen LogP contribution >= 0.6 is 0 Å². The van der Waals surface area contributed by atoms with Crippen molar-refractivity contribution in [3.63, 3.8) is 0 Å². The van der Waals surface area contributed by atoms with Crippen molar-refractivity contribution in [2.45, 2.75) is 50.3 Å². The first kappa shape index (κ1) is 18.6. The van der Waals surface area contributed by atoms with E-state index in [1.807, 2.05) is 42.0 Å². The van der Waals surface area contributed by atoms with Crippen LogP contribution in [0.25, 0.3) is 5.69 Å². The van der Waals surface area contributed by atoms with Gasteiger partial charge < -0.3 is 9.88 Å². The molecule has 0 saturated heterocycles. The first-order chi connectivity index (χ1) is 12.5. The number of nitrogens with one attached hydrogen (secondary N) is 1. The fraction of sp³-hybridized carbons (Fsp3) is 0.474. The van der Waals surface area contributed by atoms with Crippen LogP contribution in [0.5, 0.6) is 0 Å². The maximum absolute atomic E-state index is 12.3. The molecule has 1 amide bonds. The predicted molar refractivity (Wildman–Crippen MR) is 101 cm³/mol. The maximum atomic E-state index is 12.3. The second kappa shape index (κ2) is 8.03. The van der Waals surface area contributed by atoms with Gasteiger partial charge in [-0.15, -0.1) is 0 Å². The summed E-state index contributed by atoms with van der Waals surface area (Å²) in [5.41, 5.74) is 1.97. The average Bonchev–Trinajstić information content (AvgIpc) is 3.34. The Hall–Kier alpha value is -2.15. The lowest BCUT2D eigenvalue weighted by Crippen LogP contribution is -2.30. The smallest absolute Gasteiger partial charge is 0.221 e. The molecule has 0 bridgehead atoms. The van der Waals surface area contributed by atoms with Crippen LogP contribution in [0.1, 0.15) is 50.6 Å². The zero-order valence-electron chi connectivity index (χ0n) is 15.0. The largest absolute Gasteiger partial charge is 0.350 e. The van der Waals surface area contributed by atoms with Gasteiger partial charge in [0, 0.05) is 24.5 Å². The minimum Gasteiger partial charge on any atom is -0.350 e. The molecular formula is C19H25N3O3S. The molecule has 140 valence electrons. The number of nitrogens with zero attached hydrogens (tertiary/aromatic N) is 2. The van der Waals surface area contributed by atoms with Gasteiger partial charge in [0.1, 0.15) is 0 Å². The summed E-state index contributed by atoms with van der Waals surface area (Å²) in [6.45, 7) is 1.90. The van der Waals surface area contributed by atoms with Crippen LogP contribution in [0.15, 0.2) is 43.0 Å². The number of benzene rings is 1. The molecule has 0 spiro atoms. The molecule has 2 aromatic rings. The number of hydrogen-bond donors (Lipinski definition) is 1. The van der Waals surface area contributed by atoms with Crippen molar-refractivity contribution in [2.75, 3.05) is 5.75 Å². The van der Waals surface area contributed by atoms with Crippen molar-refractivity contribution >= 4 is 15.7 Å². The van der Waals surface area contributed by atoms with E-state index in [4.69, 9.17) is 0 Å². The molecular weight excluding hydrogens is 350 g/mol. The zero-order chi connectivity index (χ0) is 18.6. The van der Waals surface area contributed by atoms with E-state index in [1.54, 1.807) is 12.5 Å². The normalized spacial score (nSPS) is 16.5. The molecule has 1 atom stereocenters. The van der Waals surface area contributed by atoms with E-state index >= 15 is 0 Å².